The molecule has 0 amide bonds. The van der Waals surface area contributed by atoms with E-state index in [2.05, 4.69) is 18.2 Å². The van der Waals surface area contributed by atoms with E-state index in [0.717, 1.165) is 42.7 Å². The number of furan rings is 1. The molecule has 0 saturated heterocycles. The maximum absolute atomic E-state index is 6.08. The van der Waals surface area contributed by atoms with Gasteiger partial charge in [0.25, 0.3) is 0 Å². The molecule has 5 aromatic rings. The lowest BCUT2D eigenvalue weighted by Crippen LogP contribution is -1.75. The van der Waals surface area contributed by atoms with Gasteiger partial charge < -0.3 is 4.42 Å². The summed E-state index contributed by atoms with van der Waals surface area (Å²) in [5, 5.41) is 3.82. The van der Waals surface area contributed by atoms with Crippen LogP contribution in [-0.4, -0.2) is 4.98 Å². The Morgan fingerprint density at radius 2 is 1.78 bits per heavy atom. The predicted molar refractivity (Wildman–Crippen MR) is 97.3 cm³/mol. The highest BCUT2D eigenvalue weighted by molar-refractivity contribution is 7.21. The van der Waals surface area contributed by atoms with E-state index in [0.29, 0.717) is 5.02 Å². The van der Waals surface area contributed by atoms with Gasteiger partial charge in [-0.15, -0.1) is 11.3 Å². The lowest BCUT2D eigenvalue weighted by Gasteiger charge is -1.93. The first kappa shape index (κ1) is 13.1. The second-order valence-corrected chi connectivity index (χ2v) is 6.88. The summed E-state index contributed by atoms with van der Waals surface area (Å²) in [5.74, 6) is 0. The lowest BCUT2D eigenvalue weighted by atomic mass is 10.1. The number of benzene rings is 3. The quantitative estimate of drug-likeness (QED) is 0.348. The summed E-state index contributed by atoms with van der Waals surface area (Å²) in [5.41, 5.74) is 3.78. The molecule has 0 aliphatic heterocycles. The molecule has 0 fully saturated rings. The fourth-order valence-corrected chi connectivity index (χ4v) is 4.07. The molecule has 0 bridgehead atoms. The van der Waals surface area contributed by atoms with Gasteiger partial charge in [0.05, 0.1) is 15.6 Å². The summed E-state index contributed by atoms with van der Waals surface area (Å²) in [6.07, 6.45) is 0. The highest BCUT2D eigenvalue weighted by Crippen LogP contribution is 2.39. The molecule has 0 spiro atoms. The lowest BCUT2D eigenvalue weighted by molar-refractivity contribution is 0.669. The average Bonchev–Trinajstić information content (AvgIpc) is 3.15. The first-order chi connectivity index (χ1) is 11.3. The third-order valence-electron chi connectivity index (χ3n) is 3.98. The van der Waals surface area contributed by atoms with E-state index < -0.39 is 0 Å². The summed E-state index contributed by atoms with van der Waals surface area (Å²) >= 11 is 7.78. The van der Waals surface area contributed by atoms with Gasteiger partial charge in [0, 0.05) is 22.0 Å². The van der Waals surface area contributed by atoms with Gasteiger partial charge in [0.2, 0.25) is 0 Å². The summed E-state index contributed by atoms with van der Waals surface area (Å²) in [6, 6.07) is 20.1. The van der Waals surface area contributed by atoms with Gasteiger partial charge in [-0.05, 0) is 24.3 Å². The molecule has 2 aromatic heterocycles. The molecule has 5 rings (SSSR count). The molecule has 0 aliphatic rings. The van der Waals surface area contributed by atoms with E-state index in [9.17, 15) is 0 Å². The van der Waals surface area contributed by atoms with E-state index in [1.807, 2.05) is 42.5 Å². The standard InChI is InChI=1S/C19H10ClNOS/c20-12-6-7-13-15(10-12)22-14-8-9-16-18(17(13)14)21-19(23-16)11-4-2-1-3-5-11/h1-10H. The molecular formula is C19H10ClNOS. The summed E-state index contributed by atoms with van der Waals surface area (Å²) in [4.78, 5) is 4.88. The number of halogens is 1. The van der Waals surface area contributed by atoms with E-state index >= 15 is 0 Å². The number of nitrogens with zero attached hydrogens (tertiary/aromatic N) is 1. The zero-order valence-electron chi connectivity index (χ0n) is 11.9. The van der Waals surface area contributed by atoms with Crippen molar-refractivity contribution < 1.29 is 4.42 Å². The Morgan fingerprint density at radius 1 is 0.913 bits per heavy atom. The van der Waals surface area contributed by atoms with E-state index in [1.54, 1.807) is 11.3 Å². The molecule has 23 heavy (non-hydrogen) atoms. The highest BCUT2D eigenvalue weighted by Gasteiger charge is 2.15. The zero-order chi connectivity index (χ0) is 15.4. The van der Waals surface area contributed by atoms with Crippen molar-refractivity contribution in [1.82, 2.24) is 4.98 Å². The Bertz CT molecular complexity index is 1170. The number of fused-ring (bicyclic) bond motifs is 5. The minimum Gasteiger partial charge on any atom is -0.456 e. The second kappa shape index (κ2) is 4.82. The fraction of sp³-hybridized carbons (Fsp3) is 0. The molecule has 0 saturated carbocycles. The Balaban J connectivity index is 1.88. The summed E-state index contributed by atoms with van der Waals surface area (Å²) < 4.78 is 7.10. The van der Waals surface area contributed by atoms with E-state index in [1.165, 1.54) is 0 Å². The van der Waals surface area contributed by atoms with Crippen molar-refractivity contribution in [2.45, 2.75) is 0 Å². The van der Waals surface area contributed by atoms with Crippen molar-refractivity contribution in [3.63, 3.8) is 0 Å². The van der Waals surface area contributed by atoms with E-state index in [4.69, 9.17) is 21.0 Å². The molecule has 2 nitrogen and oxygen atoms in total. The third kappa shape index (κ3) is 1.97. The van der Waals surface area contributed by atoms with E-state index in [-0.39, 0.29) is 0 Å². The molecule has 3 aromatic carbocycles. The van der Waals surface area contributed by atoms with Crippen molar-refractivity contribution in [1.29, 1.82) is 0 Å². The van der Waals surface area contributed by atoms with Crippen LogP contribution in [0, 0.1) is 0 Å². The molecule has 110 valence electrons. The van der Waals surface area contributed by atoms with Crippen LogP contribution in [0.5, 0.6) is 0 Å². The first-order valence-electron chi connectivity index (χ1n) is 7.26. The minimum absolute atomic E-state index is 0.677. The van der Waals surface area contributed by atoms with Crippen molar-refractivity contribution in [2.24, 2.45) is 0 Å². The van der Waals surface area contributed by atoms with Crippen LogP contribution < -0.4 is 0 Å². The average molecular weight is 336 g/mol. The van der Waals surface area contributed by atoms with Crippen molar-refractivity contribution in [2.75, 3.05) is 0 Å². The van der Waals surface area contributed by atoms with Crippen LogP contribution in [0.2, 0.25) is 5.02 Å². The maximum Gasteiger partial charge on any atom is 0.137 e. The predicted octanol–water partition coefficient (Wildman–Crippen LogP) is 6.52. The number of rotatable bonds is 1. The van der Waals surface area contributed by atoms with Crippen molar-refractivity contribution in [3.05, 3.63) is 65.7 Å². The van der Waals surface area contributed by atoms with Gasteiger partial charge in [-0.2, -0.15) is 0 Å². The SMILES string of the molecule is Clc1ccc2c(c1)oc1ccc3sc(-c4ccccc4)nc3c12. The first-order valence-corrected chi connectivity index (χ1v) is 8.46. The highest BCUT2D eigenvalue weighted by atomic mass is 35.5. The number of hydrogen-bond acceptors (Lipinski definition) is 3. The fourth-order valence-electron chi connectivity index (χ4n) is 2.93. The molecule has 0 radical (unpaired) electrons. The van der Waals surface area contributed by atoms with Crippen LogP contribution in [0.1, 0.15) is 0 Å². The van der Waals surface area contributed by atoms with Gasteiger partial charge in [-0.3, -0.25) is 0 Å². The number of aromatic nitrogens is 1. The monoisotopic (exact) mass is 335 g/mol. The molecule has 2 heterocycles. The van der Waals surface area contributed by atoms with Gasteiger partial charge in [-0.1, -0.05) is 41.9 Å². The van der Waals surface area contributed by atoms with Crippen LogP contribution in [0.15, 0.2) is 65.1 Å². The molecule has 0 unspecified atom stereocenters. The largest absolute Gasteiger partial charge is 0.456 e. The molecular weight excluding hydrogens is 326 g/mol. The molecule has 0 atom stereocenters. The Morgan fingerprint density at radius 3 is 2.65 bits per heavy atom. The van der Waals surface area contributed by atoms with Gasteiger partial charge in [0.15, 0.2) is 0 Å². The minimum atomic E-state index is 0.677. The van der Waals surface area contributed by atoms with Crippen molar-refractivity contribution in [3.8, 4) is 10.6 Å². The third-order valence-corrected chi connectivity index (χ3v) is 5.28. The second-order valence-electron chi connectivity index (χ2n) is 5.41. The number of thiazole rings is 1. The Hall–Kier alpha value is -2.36. The van der Waals surface area contributed by atoms with Gasteiger partial charge in [0.1, 0.15) is 16.2 Å². The van der Waals surface area contributed by atoms with Crippen LogP contribution in [0.25, 0.3) is 42.7 Å². The van der Waals surface area contributed by atoms with Gasteiger partial charge >= 0.3 is 0 Å². The molecule has 4 heteroatoms. The summed E-state index contributed by atoms with van der Waals surface area (Å²) in [7, 11) is 0. The molecule has 0 N–H and O–H groups in total. The smallest absolute Gasteiger partial charge is 0.137 e. The van der Waals surface area contributed by atoms with Crippen LogP contribution in [-0.2, 0) is 0 Å². The number of hydrogen-bond donors (Lipinski definition) is 0. The normalized spacial score (nSPS) is 11.7. The van der Waals surface area contributed by atoms with Crippen LogP contribution in [0.4, 0.5) is 0 Å². The van der Waals surface area contributed by atoms with Crippen molar-refractivity contribution >= 4 is 55.1 Å². The Kier molecular flexibility index (Phi) is 2.75. The van der Waals surface area contributed by atoms with Gasteiger partial charge in [-0.25, -0.2) is 4.98 Å². The maximum atomic E-state index is 6.08. The topological polar surface area (TPSA) is 26.0 Å². The Labute approximate surface area is 140 Å². The summed E-state index contributed by atoms with van der Waals surface area (Å²) in [6.45, 7) is 0. The van der Waals surface area contributed by atoms with Crippen LogP contribution >= 0.6 is 22.9 Å². The zero-order valence-corrected chi connectivity index (χ0v) is 13.5. The van der Waals surface area contributed by atoms with Crippen LogP contribution in [0.3, 0.4) is 0 Å². The molecule has 0 aliphatic carbocycles.